The first kappa shape index (κ1) is 16.4. The zero-order valence-corrected chi connectivity index (χ0v) is 13.6. The topological polar surface area (TPSA) is 96.0 Å². The number of hydrogen-bond acceptors (Lipinski definition) is 6. The molecule has 8 heteroatoms. The number of benzene rings is 1. The van der Waals surface area contributed by atoms with E-state index in [0.717, 1.165) is 5.69 Å². The lowest BCUT2D eigenvalue weighted by atomic mass is 10.3. The highest BCUT2D eigenvalue weighted by molar-refractivity contribution is 5.48. The third-order valence-corrected chi connectivity index (χ3v) is 3.67. The zero-order valence-electron chi connectivity index (χ0n) is 13.6. The Morgan fingerprint density at radius 2 is 2.00 bits per heavy atom. The van der Waals surface area contributed by atoms with Gasteiger partial charge in [0.1, 0.15) is 12.3 Å². The molecule has 0 fully saturated rings. The SMILES string of the molecule is COc1ccc([N+](=O)[O-])cc1OCc1cc(=O)n2c(C)cccc2n1. The number of nitro groups is 1. The lowest BCUT2D eigenvalue weighted by Gasteiger charge is -2.11. The Morgan fingerprint density at radius 1 is 1.20 bits per heavy atom. The van der Waals surface area contributed by atoms with E-state index in [1.165, 1.54) is 35.8 Å². The number of nitro benzene ring substituents is 1. The molecule has 3 aromatic rings. The van der Waals surface area contributed by atoms with Gasteiger partial charge in [-0.05, 0) is 25.1 Å². The Labute approximate surface area is 142 Å². The van der Waals surface area contributed by atoms with Crippen molar-refractivity contribution in [3.8, 4) is 11.5 Å². The van der Waals surface area contributed by atoms with E-state index in [-0.39, 0.29) is 23.6 Å². The summed E-state index contributed by atoms with van der Waals surface area (Å²) >= 11 is 0. The standard InChI is InChI=1S/C17H15N3O5/c1-11-4-3-5-16-18-12(8-17(21)19(11)16)10-25-15-9-13(20(22)23)6-7-14(15)24-2/h3-9H,10H2,1-2H3. The van der Waals surface area contributed by atoms with E-state index in [2.05, 4.69) is 4.98 Å². The first-order chi connectivity index (χ1) is 12.0. The van der Waals surface area contributed by atoms with Gasteiger partial charge >= 0.3 is 0 Å². The van der Waals surface area contributed by atoms with Crippen LogP contribution in [-0.2, 0) is 6.61 Å². The summed E-state index contributed by atoms with van der Waals surface area (Å²) in [7, 11) is 1.44. The van der Waals surface area contributed by atoms with E-state index in [0.29, 0.717) is 17.1 Å². The molecule has 2 aromatic heterocycles. The molecular weight excluding hydrogens is 326 g/mol. The Morgan fingerprint density at radius 3 is 2.72 bits per heavy atom. The van der Waals surface area contributed by atoms with Crippen molar-refractivity contribution in [1.29, 1.82) is 0 Å². The lowest BCUT2D eigenvalue weighted by Crippen LogP contribution is -2.18. The van der Waals surface area contributed by atoms with Gasteiger partial charge < -0.3 is 9.47 Å². The second-order valence-corrected chi connectivity index (χ2v) is 5.33. The molecule has 2 heterocycles. The molecule has 0 bridgehead atoms. The van der Waals surface area contributed by atoms with Gasteiger partial charge in [-0.3, -0.25) is 19.3 Å². The molecule has 0 aliphatic carbocycles. The molecule has 0 aliphatic heterocycles. The maximum absolute atomic E-state index is 12.3. The molecular formula is C17H15N3O5. The highest BCUT2D eigenvalue weighted by Crippen LogP contribution is 2.31. The Kier molecular flexibility index (Phi) is 4.34. The fourth-order valence-electron chi connectivity index (χ4n) is 2.48. The highest BCUT2D eigenvalue weighted by Gasteiger charge is 2.13. The maximum Gasteiger partial charge on any atom is 0.273 e. The summed E-state index contributed by atoms with van der Waals surface area (Å²) in [4.78, 5) is 27.0. The fraction of sp³-hybridized carbons (Fsp3) is 0.176. The van der Waals surface area contributed by atoms with Gasteiger partial charge in [-0.15, -0.1) is 0 Å². The summed E-state index contributed by atoms with van der Waals surface area (Å²) < 4.78 is 12.2. The van der Waals surface area contributed by atoms with E-state index in [4.69, 9.17) is 9.47 Å². The van der Waals surface area contributed by atoms with Crippen LogP contribution in [0.4, 0.5) is 5.69 Å². The number of aromatic nitrogens is 2. The molecule has 0 amide bonds. The largest absolute Gasteiger partial charge is 0.493 e. The number of pyridine rings is 1. The second kappa shape index (κ2) is 6.60. The highest BCUT2D eigenvalue weighted by atomic mass is 16.6. The van der Waals surface area contributed by atoms with E-state index >= 15 is 0 Å². The number of ether oxygens (including phenoxy) is 2. The van der Waals surface area contributed by atoms with Crippen molar-refractivity contribution in [1.82, 2.24) is 9.38 Å². The van der Waals surface area contributed by atoms with E-state index in [1.54, 1.807) is 6.07 Å². The maximum atomic E-state index is 12.3. The van der Waals surface area contributed by atoms with Gasteiger partial charge in [0, 0.05) is 17.8 Å². The Balaban J connectivity index is 1.92. The van der Waals surface area contributed by atoms with Crippen molar-refractivity contribution < 1.29 is 14.4 Å². The fourth-order valence-corrected chi connectivity index (χ4v) is 2.48. The molecule has 8 nitrogen and oxygen atoms in total. The summed E-state index contributed by atoms with van der Waals surface area (Å²) in [5, 5.41) is 10.9. The molecule has 128 valence electrons. The summed E-state index contributed by atoms with van der Waals surface area (Å²) in [6, 6.07) is 10.8. The van der Waals surface area contributed by atoms with Crippen molar-refractivity contribution >= 4 is 11.3 Å². The summed E-state index contributed by atoms with van der Waals surface area (Å²) in [6.45, 7) is 1.80. The summed E-state index contributed by atoms with van der Waals surface area (Å²) in [5.41, 5.74) is 1.38. The molecule has 25 heavy (non-hydrogen) atoms. The van der Waals surface area contributed by atoms with Crippen LogP contribution in [0.25, 0.3) is 5.65 Å². The van der Waals surface area contributed by atoms with Crippen LogP contribution in [-0.4, -0.2) is 21.4 Å². The van der Waals surface area contributed by atoms with Crippen molar-refractivity contribution in [3.05, 3.63) is 74.3 Å². The molecule has 0 spiro atoms. The predicted octanol–water partition coefficient (Wildman–Crippen LogP) is 2.50. The van der Waals surface area contributed by atoms with Crippen LogP contribution in [0, 0.1) is 17.0 Å². The van der Waals surface area contributed by atoms with Gasteiger partial charge in [0.2, 0.25) is 0 Å². The Hall–Kier alpha value is -3.42. The zero-order chi connectivity index (χ0) is 18.0. The third-order valence-electron chi connectivity index (χ3n) is 3.67. The van der Waals surface area contributed by atoms with Gasteiger partial charge in [-0.25, -0.2) is 4.98 Å². The van der Waals surface area contributed by atoms with Crippen molar-refractivity contribution in [3.63, 3.8) is 0 Å². The van der Waals surface area contributed by atoms with Gasteiger partial charge in [-0.1, -0.05) is 6.07 Å². The van der Waals surface area contributed by atoms with Crippen LogP contribution < -0.4 is 15.0 Å². The third kappa shape index (κ3) is 3.27. The van der Waals surface area contributed by atoms with E-state index < -0.39 is 4.92 Å². The molecule has 0 aliphatic rings. The monoisotopic (exact) mass is 341 g/mol. The molecule has 0 saturated heterocycles. The van der Waals surface area contributed by atoms with Crippen molar-refractivity contribution in [2.75, 3.05) is 7.11 Å². The lowest BCUT2D eigenvalue weighted by molar-refractivity contribution is -0.385. The second-order valence-electron chi connectivity index (χ2n) is 5.33. The molecule has 0 saturated carbocycles. The molecule has 0 atom stereocenters. The number of aryl methyl sites for hydroxylation is 1. The minimum atomic E-state index is -0.518. The molecule has 0 N–H and O–H groups in total. The Bertz CT molecular complexity index is 1010. The quantitative estimate of drug-likeness (QED) is 0.522. The minimum Gasteiger partial charge on any atom is -0.493 e. The van der Waals surface area contributed by atoms with Crippen molar-refractivity contribution in [2.45, 2.75) is 13.5 Å². The van der Waals surface area contributed by atoms with E-state index in [9.17, 15) is 14.9 Å². The number of hydrogen-bond donors (Lipinski definition) is 0. The number of methoxy groups -OCH3 is 1. The normalized spacial score (nSPS) is 10.6. The molecule has 1 aromatic carbocycles. The van der Waals surface area contributed by atoms with Crippen LogP contribution in [0.2, 0.25) is 0 Å². The average Bonchev–Trinajstić information content (AvgIpc) is 2.59. The number of rotatable bonds is 5. The van der Waals surface area contributed by atoms with Crippen LogP contribution in [0.15, 0.2) is 47.3 Å². The van der Waals surface area contributed by atoms with E-state index in [1.807, 2.05) is 19.1 Å². The van der Waals surface area contributed by atoms with Gasteiger partial charge in [0.15, 0.2) is 11.5 Å². The molecule has 0 radical (unpaired) electrons. The first-order valence-electron chi connectivity index (χ1n) is 7.43. The van der Waals surface area contributed by atoms with Gasteiger partial charge in [0.05, 0.1) is 23.8 Å². The predicted molar refractivity (Wildman–Crippen MR) is 90.2 cm³/mol. The van der Waals surface area contributed by atoms with Crippen molar-refractivity contribution in [2.24, 2.45) is 0 Å². The number of fused-ring (bicyclic) bond motifs is 1. The average molecular weight is 341 g/mol. The molecule has 0 unspecified atom stereocenters. The van der Waals surface area contributed by atoms with Crippen LogP contribution >= 0.6 is 0 Å². The van der Waals surface area contributed by atoms with Gasteiger partial charge in [-0.2, -0.15) is 0 Å². The minimum absolute atomic E-state index is 0.0167. The first-order valence-corrected chi connectivity index (χ1v) is 7.43. The van der Waals surface area contributed by atoms with Gasteiger partial charge in [0.25, 0.3) is 11.2 Å². The smallest absolute Gasteiger partial charge is 0.273 e. The number of non-ortho nitro benzene ring substituents is 1. The summed E-state index contributed by atoms with van der Waals surface area (Å²) in [5.74, 6) is 0.571. The van der Waals surface area contributed by atoms with Crippen LogP contribution in [0.1, 0.15) is 11.4 Å². The van der Waals surface area contributed by atoms with Crippen LogP contribution in [0.3, 0.4) is 0 Å². The molecule has 3 rings (SSSR count). The summed E-state index contributed by atoms with van der Waals surface area (Å²) in [6.07, 6.45) is 0. The number of nitrogens with zero attached hydrogens (tertiary/aromatic N) is 3. The van der Waals surface area contributed by atoms with Crippen LogP contribution in [0.5, 0.6) is 11.5 Å².